The van der Waals surface area contributed by atoms with E-state index in [-0.39, 0.29) is 0 Å². The summed E-state index contributed by atoms with van der Waals surface area (Å²) in [6.07, 6.45) is 2.19. The monoisotopic (exact) mass is 260 g/mol. The Bertz CT molecular complexity index is 465. The number of para-hydroxylation sites is 2. The van der Waals surface area contributed by atoms with Gasteiger partial charge in [0.1, 0.15) is 12.1 Å². The normalized spacial score (nSPS) is 17.3. The number of likely N-dealkylation sites (N-methyl/N-ethyl adjacent to an activating group) is 1. The first kappa shape index (κ1) is 13.7. The molecule has 0 aliphatic heterocycles. The van der Waals surface area contributed by atoms with Crippen molar-refractivity contribution in [1.82, 2.24) is 5.32 Å². The lowest BCUT2D eigenvalue weighted by Gasteiger charge is -2.27. The Kier molecular flexibility index (Phi) is 4.28. The Morgan fingerprint density at radius 2 is 2.05 bits per heavy atom. The van der Waals surface area contributed by atoms with Gasteiger partial charge >= 0.3 is 0 Å². The summed E-state index contributed by atoms with van der Waals surface area (Å²) in [6, 6.07) is 9.92. The predicted octanol–water partition coefficient (Wildman–Crippen LogP) is 2.36. The van der Waals surface area contributed by atoms with Crippen molar-refractivity contribution >= 4 is 0 Å². The van der Waals surface area contributed by atoms with Crippen LogP contribution in [-0.4, -0.2) is 25.8 Å². The van der Waals surface area contributed by atoms with E-state index in [0.29, 0.717) is 24.0 Å². The number of nitriles is 1. The quantitative estimate of drug-likeness (QED) is 0.817. The van der Waals surface area contributed by atoms with E-state index in [2.05, 4.69) is 11.4 Å². The molecule has 0 saturated heterocycles. The Labute approximate surface area is 114 Å². The van der Waals surface area contributed by atoms with Crippen LogP contribution in [0, 0.1) is 17.2 Å². The smallest absolute Gasteiger partial charge is 0.161 e. The molecular weight excluding hydrogens is 240 g/mol. The zero-order chi connectivity index (χ0) is 13.7. The van der Waals surface area contributed by atoms with Gasteiger partial charge in [-0.05, 0) is 37.4 Å². The van der Waals surface area contributed by atoms with Gasteiger partial charge in [-0.25, -0.2) is 0 Å². The van der Waals surface area contributed by atoms with Gasteiger partial charge in [-0.3, -0.25) is 5.32 Å². The third-order valence-electron chi connectivity index (χ3n) is 3.49. The first-order valence-corrected chi connectivity index (χ1v) is 6.68. The van der Waals surface area contributed by atoms with Crippen molar-refractivity contribution < 1.29 is 9.47 Å². The summed E-state index contributed by atoms with van der Waals surface area (Å²) < 4.78 is 11.1. The summed E-state index contributed by atoms with van der Waals surface area (Å²) >= 11 is 0. The molecule has 1 N–H and O–H groups in total. The average Bonchev–Trinajstić information content (AvgIpc) is 3.29. The maximum absolute atomic E-state index is 9.50. The number of benzene rings is 1. The van der Waals surface area contributed by atoms with Gasteiger partial charge < -0.3 is 9.47 Å². The Morgan fingerprint density at radius 3 is 2.58 bits per heavy atom. The summed E-state index contributed by atoms with van der Waals surface area (Å²) in [5, 5.41) is 12.8. The summed E-state index contributed by atoms with van der Waals surface area (Å²) in [4.78, 5) is 0. The summed E-state index contributed by atoms with van der Waals surface area (Å²) in [5.41, 5.74) is -0.574. The molecule has 0 radical (unpaired) electrons. The first-order valence-electron chi connectivity index (χ1n) is 6.68. The van der Waals surface area contributed by atoms with E-state index in [1.165, 1.54) is 0 Å². The van der Waals surface area contributed by atoms with Crippen LogP contribution in [-0.2, 0) is 0 Å². The first-order chi connectivity index (χ1) is 9.25. The number of ether oxygens (including phenoxy) is 2. The largest absolute Gasteiger partial charge is 0.493 e. The molecule has 1 aliphatic carbocycles. The number of hydrogen-bond acceptors (Lipinski definition) is 4. The van der Waals surface area contributed by atoms with Crippen molar-refractivity contribution in [2.24, 2.45) is 5.92 Å². The molecule has 1 atom stereocenters. The summed E-state index contributed by atoms with van der Waals surface area (Å²) in [6.45, 7) is 3.12. The fraction of sp³-hybridized carbons (Fsp3) is 0.533. The zero-order valence-electron chi connectivity index (χ0n) is 11.5. The highest BCUT2D eigenvalue weighted by Gasteiger charge is 2.46. The SMILES string of the molecule is CCNC(C#N)(COc1ccccc1OC)C1CC1. The van der Waals surface area contributed by atoms with Crippen LogP contribution in [0.1, 0.15) is 19.8 Å². The molecule has 1 fully saturated rings. The topological polar surface area (TPSA) is 54.3 Å². The van der Waals surface area contributed by atoms with Gasteiger partial charge in [0.2, 0.25) is 0 Å². The van der Waals surface area contributed by atoms with E-state index in [4.69, 9.17) is 9.47 Å². The van der Waals surface area contributed by atoms with Gasteiger partial charge in [-0.1, -0.05) is 19.1 Å². The van der Waals surface area contributed by atoms with Gasteiger partial charge in [-0.15, -0.1) is 0 Å². The van der Waals surface area contributed by atoms with Crippen molar-refractivity contribution in [2.45, 2.75) is 25.3 Å². The molecule has 4 nitrogen and oxygen atoms in total. The molecule has 0 heterocycles. The molecule has 1 unspecified atom stereocenters. The minimum absolute atomic E-state index is 0.350. The molecule has 1 saturated carbocycles. The van der Waals surface area contributed by atoms with Crippen LogP contribution >= 0.6 is 0 Å². The molecule has 19 heavy (non-hydrogen) atoms. The maximum Gasteiger partial charge on any atom is 0.161 e. The van der Waals surface area contributed by atoms with Gasteiger partial charge in [-0.2, -0.15) is 5.26 Å². The Balaban J connectivity index is 2.08. The van der Waals surface area contributed by atoms with Crippen LogP contribution < -0.4 is 14.8 Å². The molecule has 0 amide bonds. The van der Waals surface area contributed by atoms with Crippen LogP contribution in [0.3, 0.4) is 0 Å². The molecule has 0 bridgehead atoms. The molecule has 2 rings (SSSR count). The lowest BCUT2D eigenvalue weighted by atomic mass is 9.96. The van der Waals surface area contributed by atoms with E-state index >= 15 is 0 Å². The molecule has 0 spiro atoms. The van der Waals surface area contributed by atoms with Crippen LogP contribution in [0.5, 0.6) is 11.5 Å². The highest BCUT2D eigenvalue weighted by Crippen LogP contribution is 2.40. The van der Waals surface area contributed by atoms with E-state index in [9.17, 15) is 5.26 Å². The number of hydrogen-bond donors (Lipinski definition) is 1. The Hall–Kier alpha value is -1.73. The van der Waals surface area contributed by atoms with Crippen molar-refractivity contribution in [1.29, 1.82) is 5.26 Å². The molecule has 0 aromatic heterocycles. The number of rotatable bonds is 7. The van der Waals surface area contributed by atoms with Crippen molar-refractivity contribution in [3.05, 3.63) is 24.3 Å². The fourth-order valence-corrected chi connectivity index (χ4v) is 2.30. The van der Waals surface area contributed by atoms with Gasteiger partial charge in [0, 0.05) is 0 Å². The predicted molar refractivity (Wildman–Crippen MR) is 73.2 cm³/mol. The Morgan fingerprint density at radius 1 is 1.37 bits per heavy atom. The zero-order valence-corrected chi connectivity index (χ0v) is 11.5. The molecule has 1 aliphatic rings. The fourth-order valence-electron chi connectivity index (χ4n) is 2.30. The highest BCUT2D eigenvalue weighted by molar-refractivity contribution is 5.39. The van der Waals surface area contributed by atoms with Crippen molar-refractivity contribution in [3.63, 3.8) is 0 Å². The van der Waals surface area contributed by atoms with Crippen LogP contribution in [0.2, 0.25) is 0 Å². The highest BCUT2D eigenvalue weighted by atomic mass is 16.5. The molecule has 1 aromatic rings. The van der Waals surface area contributed by atoms with Gasteiger partial charge in [0.15, 0.2) is 11.5 Å². The minimum Gasteiger partial charge on any atom is -0.493 e. The lowest BCUT2D eigenvalue weighted by Crippen LogP contribution is -2.50. The lowest BCUT2D eigenvalue weighted by molar-refractivity contribution is 0.198. The summed E-state index contributed by atoms with van der Waals surface area (Å²) in [5.74, 6) is 1.77. The second-order valence-corrected chi connectivity index (χ2v) is 4.83. The van der Waals surface area contributed by atoms with Crippen LogP contribution in [0.15, 0.2) is 24.3 Å². The van der Waals surface area contributed by atoms with Crippen molar-refractivity contribution in [2.75, 3.05) is 20.3 Å². The van der Waals surface area contributed by atoms with E-state index < -0.39 is 5.54 Å². The summed E-state index contributed by atoms with van der Waals surface area (Å²) in [7, 11) is 1.62. The van der Waals surface area contributed by atoms with Crippen LogP contribution in [0.25, 0.3) is 0 Å². The maximum atomic E-state index is 9.50. The van der Waals surface area contributed by atoms with Crippen molar-refractivity contribution in [3.8, 4) is 17.6 Å². The van der Waals surface area contributed by atoms with Gasteiger partial charge in [0.05, 0.1) is 13.2 Å². The van der Waals surface area contributed by atoms with E-state index in [1.54, 1.807) is 7.11 Å². The minimum atomic E-state index is -0.574. The number of methoxy groups -OCH3 is 1. The molecular formula is C15H20N2O2. The molecule has 1 aromatic carbocycles. The second kappa shape index (κ2) is 5.94. The molecule has 102 valence electrons. The van der Waals surface area contributed by atoms with Crippen LogP contribution in [0.4, 0.5) is 0 Å². The average molecular weight is 260 g/mol. The third kappa shape index (κ3) is 2.99. The third-order valence-corrected chi connectivity index (χ3v) is 3.49. The molecule has 4 heteroatoms. The second-order valence-electron chi connectivity index (χ2n) is 4.83. The standard InChI is InChI=1S/C15H20N2O2/c1-3-17-15(10-16,12-8-9-12)11-19-14-7-5-4-6-13(14)18-2/h4-7,12,17H,3,8-9,11H2,1-2H3. The van der Waals surface area contributed by atoms with E-state index in [1.807, 2.05) is 31.2 Å². The number of nitrogens with zero attached hydrogens (tertiary/aromatic N) is 1. The van der Waals surface area contributed by atoms with E-state index in [0.717, 1.165) is 19.4 Å². The van der Waals surface area contributed by atoms with Gasteiger partial charge in [0.25, 0.3) is 0 Å². The number of nitrogens with one attached hydrogen (secondary N) is 1.